The van der Waals surface area contributed by atoms with Gasteiger partial charge in [-0.25, -0.2) is 0 Å². The summed E-state index contributed by atoms with van der Waals surface area (Å²) in [6.07, 6.45) is 1.97. The summed E-state index contributed by atoms with van der Waals surface area (Å²) in [7, 11) is 1.90. The van der Waals surface area contributed by atoms with Gasteiger partial charge in [0.05, 0.1) is 0 Å². The molecule has 3 unspecified atom stereocenters. The second-order valence-corrected chi connectivity index (χ2v) is 7.32. The van der Waals surface area contributed by atoms with Gasteiger partial charge < -0.3 is 10.6 Å². The molecular formula is C22H31Cl2N3O. The van der Waals surface area contributed by atoms with E-state index < -0.39 is 6.04 Å². The maximum atomic E-state index is 12.8. The molecule has 1 aliphatic rings. The van der Waals surface area contributed by atoms with Gasteiger partial charge in [0.25, 0.3) is 0 Å². The molecule has 0 saturated carbocycles. The third-order valence-electron chi connectivity index (χ3n) is 5.53. The molecule has 1 saturated heterocycles. The van der Waals surface area contributed by atoms with Crippen molar-refractivity contribution < 1.29 is 4.79 Å². The highest BCUT2D eigenvalue weighted by molar-refractivity contribution is 5.85. The Morgan fingerprint density at radius 3 is 2.25 bits per heavy atom. The molecule has 4 nitrogen and oxygen atoms in total. The molecule has 0 aromatic heterocycles. The van der Waals surface area contributed by atoms with Gasteiger partial charge in [0.2, 0.25) is 5.91 Å². The van der Waals surface area contributed by atoms with Crippen molar-refractivity contribution in [2.45, 2.75) is 44.4 Å². The highest BCUT2D eigenvalue weighted by atomic mass is 35.5. The largest absolute Gasteiger partial charge is 0.341 e. The number of halogens is 2. The molecule has 0 bridgehead atoms. The molecule has 154 valence electrons. The van der Waals surface area contributed by atoms with Crippen LogP contribution in [-0.4, -0.2) is 41.4 Å². The number of nitrogens with zero attached hydrogens (tertiary/aromatic N) is 2. The van der Waals surface area contributed by atoms with Gasteiger partial charge in [-0.2, -0.15) is 0 Å². The van der Waals surface area contributed by atoms with Crippen molar-refractivity contribution >= 4 is 30.7 Å². The smallest absolute Gasteiger partial charge is 0.244 e. The summed E-state index contributed by atoms with van der Waals surface area (Å²) in [4.78, 5) is 17.2. The third-order valence-corrected chi connectivity index (χ3v) is 5.53. The summed E-state index contributed by atoms with van der Waals surface area (Å²) >= 11 is 0. The average Bonchev–Trinajstić information content (AvgIpc) is 2.69. The molecule has 0 spiro atoms. The fourth-order valence-corrected chi connectivity index (χ4v) is 3.80. The Bertz CT molecular complexity index is 714. The fourth-order valence-electron chi connectivity index (χ4n) is 3.80. The van der Waals surface area contributed by atoms with Crippen LogP contribution in [0.1, 0.15) is 36.9 Å². The van der Waals surface area contributed by atoms with Gasteiger partial charge in [-0.3, -0.25) is 9.69 Å². The van der Waals surface area contributed by atoms with Crippen LogP contribution >= 0.6 is 24.8 Å². The molecule has 3 atom stereocenters. The van der Waals surface area contributed by atoms with Gasteiger partial charge in [0, 0.05) is 32.2 Å². The van der Waals surface area contributed by atoms with Gasteiger partial charge >= 0.3 is 0 Å². The monoisotopic (exact) mass is 423 g/mol. The minimum Gasteiger partial charge on any atom is -0.341 e. The predicted octanol–water partition coefficient (Wildman–Crippen LogP) is 4.04. The van der Waals surface area contributed by atoms with E-state index in [4.69, 9.17) is 5.73 Å². The van der Waals surface area contributed by atoms with Crippen LogP contribution in [0.2, 0.25) is 0 Å². The van der Waals surface area contributed by atoms with Gasteiger partial charge in [-0.05, 0) is 30.9 Å². The predicted molar refractivity (Wildman–Crippen MR) is 120 cm³/mol. The van der Waals surface area contributed by atoms with E-state index in [0.717, 1.165) is 31.5 Å². The van der Waals surface area contributed by atoms with Crippen molar-refractivity contribution in [1.82, 2.24) is 9.80 Å². The minimum atomic E-state index is -0.584. The van der Waals surface area contributed by atoms with Crippen LogP contribution < -0.4 is 5.73 Å². The SMILES string of the molecule is CC1CC(N(C)C(=O)C(N)c2ccccc2)CCN1Cc1ccccc1.Cl.Cl. The van der Waals surface area contributed by atoms with Crippen molar-refractivity contribution in [1.29, 1.82) is 0 Å². The Hall–Kier alpha value is -1.59. The highest BCUT2D eigenvalue weighted by Gasteiger charge is 2.31. The van der Waals surface area contributed by atoms with E-state index >= 15 is 0 Å². The zero-order valence-electron chi connectivity index (χ0n) is 16.5. The molecule has 0 aliphatic carbocycles. The van der Waals surface area contributed by atoms with E-state index in [1.807, 2.05) is 42.3 Å². The minimum absolute atomic E-state index is 0. The molecule has 2 aromatic rings. The van der Waals surface area contributed by atoms with Crippen LogP contribution in [-0.2, 0) is 11.3 Å². The molecule has 1 amide bonds. The standard InChI is InChI=1S/C22H29N3O.2ClH/c1-17-15-20(13-14-25(17)16-18-9-5-3-6-10-18)24(2)22(26)21(23)19-11-7-4-8-12-19;;/h3-12,17,20-21H,13-16,23H2,1-2H3;2*1H. The van der Waals surface area contributed by atoms with E-state index in [1.165, 1.54) is 5.56 Å². The van der Waals surface area contributed by atoms with E-state index in [0.29, 0.717) is 6.04 Å². The summed E-state index contributed by atoms with van der Waals surface area (Å²) in [5, 5.41) is 0. The first-order chi connectivity index (χ1) is 12.6. The zero-order chi connectivity index (χ0) is 18.5. The van der Waals surface area contributed by atoms with Gasteiger partial charge in [-0.15, -0.1) is 24.8 Å². The van der Waals surface area contributed by atoms with Crippen molar-refractivity contribution in [2.24, 2.45) is 5.73 Å². The molecule has 2 N–H and O–H groups in total. The number of piperidine rings is 1. The first kappa shape index (κ1) is 24.4. The van der Waals surface area contributed by atoms with Gasteiger partial charge in [0.1, 0.15) is 6.04 Å². The first-order valence-corrected chi connectivity index (χ1v) is 9.41. The number of hydrogen-bond acceptors (Lipinski definition) is 3. The molecule has 1 heterocycles. The van der Waals surface area contributed by atoms with E-state index in [9.17, 15) is 4.79 Å². The highest BCUT2D eigenvalue weighted by Crippen LogP contribution is 2.24. The molecule has 6 heteroatoms. The summed E-state index contributed by atoms with van der Waals surface area (Å²) in [5.41, 5.74) is 8.42. The van der Waals surface area contributed by atoms with Crippen molar-refractivity contribution in [3.05, 3.63) is 71.8 Å². The molecule has 28 heavy (non-hydrogen) atoms. The van der Waals surface area contributed by atoms with E-state index in [-0.39, 0.29) is 36.8 Å². The molecular weight excluding hydrogens is 393 g/mol. The summed E-state index contributed by atoms with van der Waals surface area (Å²) in [6.45, 7) is 4.22. The number of benzene rings is 2. The van der Waals surface area contributed by atoms with E-state index in [2.05, 4.69) is 42.2 Å². The van der Waals surface area contributed by atoms with Gasteiger partial charge in [0.15, 0.2) is 0 Å². The Morgan fingerprint density at radius 2 is 1.68 bits per heavy atom. The number of likely N-dealkylation sites (N-methyl/N-ethyl adjacent to an activating group) is 1. The van der Waals surface area contributed by atoms with Crippen LogP contribution in [0.15, 0.2) is 60.7 Å². The number of carbonyl (C=O) groups excluding carboxylic acids is 1. The number of carbonyl (C=O) groups is 1. The summed E-state index contributed by atoms with van der Waals surface area (Å²) in [6, 6.07) is 20.3. The number of hydrogen-bond donors (Lipinski definition) is 1. The normalized spacial score (nSPS) is 20.4. The fraction of sp³-hybridized carbons (Fsp3) is 0.409. The number of amides is 1. The summed E-state index contributed by atoms with van der Waals surface area (Å²) in [5.74, 6) is 0.00455. The zero-order valence-corrected chi connectivity index (χ0v) is 18.2. The number of rotatable bonds is 5. The van der Waals surface area contributed by atoms with Crippen LogP contribution in [0.3, 0.4) is 0 Å². The van der Waals surface area contributed by atoms with E-state index in [1.54, 1.807) is 0 Å². The lowest BCUT2D eigenvalue weighted by molar-refractivity contribution is -0.134. The van der Waals surface area contributed by atoms with Crippen LogP contribution in [0.5, 0.6) is 0 Å². The Balaban J connectivity index is 0.00000196. The Labute approximate surface area is 180 Å². The topological polar surface area (TPSA) is 49.6 Å². The Kier molecular flexibility index (Phi) is 9.97. The summed E-state index contributed by atoms with van der Waals surface area (Å²) < 4.78 is 0. The third kappa shape index (κ3) is 5.95. The molecule has 2 aromatic carbocycles. The van der Waals surface area contributed by atoms with Crippen LogP contribution in [0, 0.1) is 0 Å². The Morgan fingerprint density at radius 1 is 1.11 bits per heavy atom. The maximum absolute atomic E-state index is 12.8. The lowest BCUT2D eigenvalue weighted by Crippen LogP contribution is -2.50. The van der Waals surface area contributed by atoms with Crippen LogP contribution in [0.4, 0.5) is 0 Å². The molecule has 1 fully saturated rings. The second-order valence-electron chi connectivity index (χ2n) is 7.32. The average molecular weight is 424 g/mol. The lowest BCUT2D eigenvalue weighted by atomic mass is 9.95. The first-order valence-electron chi connectivity index (χ1n) is 9.41. The quantitative estimate of drug-likeness (QED) is 0.788. The molecule has 1 aliphatic heterocycles. The van der Waals surface area contributed by atoms with Crippen LogP contribution in [0.25, 0.3) is 0 Å². The van der Waals surface area contributed by atoms with Gasteiger partial charge in [-0.1, -0.05) is 60.7 Å². The number of nitrogens with two attached hydrogens (primary N) is 1. The lowest BCUT2D eigenvalue weighted by Gasteiger charge is -2.41. The molecule has 3 rings (SSSR count). The number of likely N-dealkylation sites (tertiary alicyclic amines) is 1. The maximum Gasteiger partial charge on any atom is 0.244 e. The molecule has 0 radical (unpaired) electrons. The second kappa shape index (κ2) is 11.4. The van der Waals surface area contributed by atoms with Crippen molar-refractivity contribution in [3.8, 4) is 0 Å². The van der Waals surface area contributed by atoms with Crippen molar-refractivity contribution in [3.63, 3.8) is 0 Å². The van der Waals surface area contributed by atoms with Crippen molar-refractivity contribution in [2.75, 3.05) is 13.6 Å².